The molecule has 0 saturated carbocycles. The van der Waals surface area contributed by atoms with E-state index in [1.165, 1.54) is 38.9 Å². The van der Waals surface area contributed by atoms with Crippen LogP contribution in [0, 0.1) is 0 Å². The molecule has 0 unspecified atom stereocenters. The van der Waals surface area contributed by atoms with Crippen LogP contribution < -0.4 is 9.80 Å². The number of furan rings is 4. The Morgan fingerprint density at radius 3 is 0.561 bits per heavy atom. The Hall–Kier alpha value is -15.2. The lowest BCUT2D eigenvalue weighted by Gasteiger charge is -2.26. The highest BCUT2D eigenvalue weighted by Gasteiger charge is 2.22. The molecule has 18 aromatic carbocycles. The Bertz CT molecular complexity index is 6910. The van der Waals surface area contributed by atoms with Crippen LogP contribution >= 0.6 is 0 Å². The van der Waals surface area contributed by atoms with Gasteiger partial charge in [0.05, 0.1) is 0 Å². The normalized spacial score (nSPS) is 11.5. The molecule has 6 nitrogen and oxygen atoms in total. The molecule has 0 aliphatic heterocycles. The predicted octanol–water partition coefficient (Wildman–Crippen LogP) is 31.2. The molecule has 0 amide bonds. The van der Waals surface area contributed by atoms with Crippen molar-refractivity contribution in [2.75, 3.05) is 9.80 Å². The standard InChI is InChI=1S/C60H39NO2.C48H31NO2/c1-3-13-40(14-4-1)45-37-46(41-15-5-2-6-16-41)39-47(38-45)42-25-31-48(32-26-42)61(49-33-27-43(28-34-49)51-19-11-23-57-59(51)53-17-7-9-21-55(53)62-57)50-35-29-44(30-36-50)52-20-12-24-58-60(52)54-18-8-10-22-56(54)63-58;1-2-10-32(11-3-1)33-20-26-36(27-21-33)49(37-28-22-34(23-29-37)39-14-8-18-45-47(39)41-12-4-6-16-43(41)50-45)38-30-24-35(25-31-38)40-15-9-19-46-48(40)42-13-5-7-17-44(42)51-46/h1-39H;1-31H. The van der Waals surface area contributed by atoms with Crippen molar-refractivity contribution in [2.24, 2.45) is 0 Å². The minimum absolute atomic E-state index is 0.892. The first-order valence-corrected chi connectivity index (χ1v) is 38.7. The highest BCUT2D eigenvalue weighted by molar-refractivity contribution is 6.16. The van der Waals surface area contributed by atoms with Gasteiger partial charge in [0, 0.05) is 77.2 Å². The number of para-hydroxylation sites is 4. The zero-order valence-corrected chi connectivity index (χ0v) is 61.9. The van der Waals surface area contributed by atoms with Crippen molar-refractivity contribution in [3.8, 4) is 89.0 Å². The summed E-state index contributed by atoms with van der Waals surface area (Å²) in [6, 6.07) is 150. The van der Waals surface area contributed by atoms with Crippen LogP contribution in [0.3, 0.4) is 0 Å². The molecule has 0 aliphatic carbocycles. The third-order valence-corrected chi connectivity index (χ3v) is 22.2. The molecule has 22 rings (SSSR count). The van der Waals surface area contributed by atoms with Gasteiger partial charge < -0.3 is 27.5 Å². The molecule has 0 fully saturated rings. The second kappa shape index (κ2) is 28.6. The van der Waals surface area contributed by atoms with Crippen LogP contribution in [0.25, 0.3) is 177 Å². The highest BCUT2D eigenvalue weighted by Crippen LogP contribution is 2.47. The molecule has 0 spiro atoms. The van der Waals surface area contributed by atoms with Crippen molar-refractivity contribution in [1.82, 2.24) is 0 Å². The fraction of sp³-hybridized carbons (Fsp3) is 0. The first-order chi connectivity index (χ1) is 56.5. The van der Waals surface area contributed by atoms with Crippen molar-refractivity contribution < 1.29 is 17.7 Å². The van der Waals surface area contributed by atoms with Gasteiger partial charge in [0.25, 0.3) is 0 Å². The third kappa shape index (κ3) is 12.3. The van der Waals surface area contributed by atoms with Crippen LogP contribution in [-0.2, 0) is 0 Å². The van der Waals surface area contributed by atoms with E-state index in [-0.39, 0.29) is 0 Å². The van der Waals surface area contributed by atoms with Crippen LogP contribution in [0.5, 0.6) is 0 Å². The van der Waals surface area contributed by atoms with Crippen molar-refractivity contribution in [3.63, 3.8) is 0 Å². The number of nitrogens with zero attached hydrogens (tertiary/aromatic N) is 2. The van der Waals surface area contributed by atoms with Gasteiger partial charge in [-0.05, 0) is 229 Å². The molecule has 0 atom stereocenters. The van der Waals surface area contributed by atoms with Gasteiger partial charge in [0.15, 0.2) is 0 Å². The summed E-state index contributed by atoms with van der Waals surface area (Å²) in [6.45, 7) is 0. The Morgan fingerprint density at radius 1 is 0.132 bits per heavy atom. The summed E-state index contributed by atoms with van der Waals surface area (Å²) < 4.78 is 24.9. The predicted molar refractivity (Wildman–Crippen MR) is 475 cm³/mol. The van der Waals surface area contributed by atoms with Gasteiger partial charge in [-0.25, -0.2) is 0 Å². The van der Waals surface area contributed by atoms with E-state index in [0.29, 0.717) is 0 Å². The van der Waals surface area contributed by atoms with Crippen LogP contribution in [0.4, 0.5) is 34.1 Å². The Kier molecular flexibility index (Phi) is 16.8. The van der Waals surface area contributed by atoms with Crippen molar-refractivity contribution >= 4 is 122 Å². The maximum Gasteiger partial charge on any atom is 0.136 e. The lowest BCUT2D eigenvalue weighted by Crippen LogP contribution is -2.09. The molecular weight excluding hydrogens is 1390 g/mol. The zero-order valence-electron chi connectivity index (χ0n) is 61.9. The summed E-state index contributed by atoms with van der Waals surface area (Å²) >= 11 is 0. The van der Waals surface area contributed by atoms with Crippen LogP contribution in [0.1, 0.15) is 0 Å². The number of hydrogen-bond acceptors (Lipinski definition) is 6. The second-order valence-corrected chi connectivity index (χ2v) is 29.0. The van der Waals surface area contributed by atoms with Gasteiger partial charge in [-0.2, -0.15) is 0 Å². The molecule has 0 aliphatic rings. The van der Waals surface area contributed by atoms with Crippen molar-refractivity contribution in [2.45, 2.75) is 0 Å². The Labute approximate surface area is 658 Å². The summed E-state index contributed by atoms with van der Waals surface area (Å²) in [5, 5.41) is 9.07. The van der Waals surface area contributed by atoms with Gasteiger partial charge >= 0.3 is 0 Å². The van der Waals surface area contributed by atoms with Gasteiger partial charge in [0.1, 0.15) is 44.7 Å². The topological polar surface area (TPSA) is 59.0 Å². The quantitative estimate of drug-likeness (QED) is 0.108. The molecule has 0 saturated heterocycles. The summed E-state index contributed by atoms with van der Waals surface area (Å²) in [7, 11) is 0. The fourth-order valence-corrected chi connectivity index (χ4v) is 16.7. The molecule has 114 heavy (non-hydrogen) atoms. The Morgan fingerprint density at radius 2 is 0.316 bits per heavy atom. The molecule has 0 radical (unpaired) electrons. The average molecular weight is 1460 g/mol. The van der Waals surface area contributed by atoms with E-state index in [0.717, 1.165) is 172 Å². The second-order valence-electron chi connectivity index (χ2n) is 29.0. The molecule has 4 heterocycles. The lowest BCUT2D eigenvalue weighted by molar-refractivity contribution is 0.668. The molecule has 6 heteroatoms. The SMILES string of the molecule is c1ccc(-c2cc(-c3ccccc3)cc(-c3ccc(N(c4ccc(-c5cccc6oc7ccccc7c56)cc4)c4ccc(-c5cccc6oc7ccccc7c56)cc4)cc3)c2)cc1.c1ccc(-c2ccc(N(c3ccc(-c4cccc5oc6ccccc6c45)cc3)c3ccc(-c4cccc5oc6ccccc6c45)cc3)cc2)cc1. The first kappa shape index (κ1) is 66.9. The maximum atomic E-state index is 6.26. The zero-order chi connectivity index (χ0) is 75.4. The van der Waals surface area contributed by atoms with E-state index < -0.39 is 0 Å². The van der Waals surface area contributed by atoms with E-state index in [9.17, 15) is 0 Å². The molecule has 4 aromatic heterocycles. The van der Waals surface area contributed by atoms with E-state index in [2.05, 4.69) is 374 Å². The highest BCUT2D eigenvalue weighted by atomic mass is 16.3. The van der Waals surface area contributed by atoms with Crippen LogP contribution in [0.15, 0.2) is 442 Å². The number of rotatable bonds is 14. The largest absolute Gasteiger partial charge is 0.456 e. The summed E-state index contributed by atoms with van der Waals surface area (Å²) in [4.78, 5) is 4.67. The summed E-state index contributed by atoms with van der Waals surface area (Å²) in [6.07, 6.45) is 0. The molecule has 0 N–H and O–H groups in total. The molecule has 536 valence electrons. The molecular formula is C108H70N2O4. The third-order valence-electron chi connectivity index (χ3n) is 22.2. The van der Waals surface area contributed by atoms with Gasteiger partial charge in [-0.1, -0.05) is 285 Å². The maximum absolute atomic E-state index is 6.26. The van der Waals surface area contributed by atoms with E-state index in [4.69, 9.17) is 17.7 Å². The number of benzene rings is 18. The fourth-order valence-electron chi connectivity index (χ4n) is 16.7. The molecule has 22 aromatic rings. The summed E-state index contributed by atoms with van der Waals surface area (Å²) in [5.74, 6) is 0. The number of hydrogen-bond donors (Lipinski definition) is 0. The van der Waals surface area contributed by atoms with Gasteiger partial charge in [-0.3, -0.25) is 0 Å². The minimum Gasteiger partial charge on any atom is -0.456 e. The van der Waals surface area contributed by atoms with E-state index >= 15 is 0 Å². The smallest absolute Gasteiger partial charge is 0.136 e. The minimum atomic E-state index is 0.892. The van der Waals surface area contributed by atoms with E-state index in [1.807, 2.05) is 60.7 Å². The van der Waals surface area contributed by atoms with Crippen molar-refractivity contribution in [3.05, 3.63) is 425 Å². The van der Waals surface area contributed by atoms with Crippen molar-refractivity contribution in [1.29, 1.82) is 0 Å². The molecule has 0 bridgehead atoms. The number of anilines is 6. The van der Waals surface area contributed by atoms with Crippen LogP contribution in [-0.4, -0.2) is 0 Å². The Balaban J connectivity index is 0.000000146. The lowest BCUT2D eigenvalue weighted by atomic mass is 9.93. The monoisotopic (exact) mass is 1460 g/mol. The number of fused-ring (bicyclic) bond motifs is 12. The van der Waals surface area contributed by atoms with Gasteiger partial charge in [-0.15, -0.1) is 0 Å². The van der Waals surface area contributed by atoms with Gasteiger partial charge in [0.2, 0.25) is 0 Å². The van der Waals surface area contributed by atoms with Crippen LogP contribution in [0.2, 0.25) is 0 Å². The van der Waals surface area contributed by atoms with E-state index in [1.54, 1.807) is 0 Å². The average Bonchev–Trinajstić information content (AvgIpc) is 1.59. The first-order valence-electron chi connectivity index (χ1n) is 38.7. The summed E-state index contributed by atoms with van der Waals surface area (Å²) in [5.41, 5.74) is 32.3.